The van der Waals surface area contributed by atoms with Gasteiger partial charge in [-0.1, -0.05) is 25.1 Å². The Balaban J connectivity index is 2.06. The molecule has 0 spiro atoms. The van der Waals surface area contributed by atoms with Crippen LogP contribution in [-0.2, 0) is 16.6 Å². The molecule has 3 rings (SSSR count). The van der Waals surface area contributed by atoms with Crippen LogP contribution < -0.4 is 10.0 Å². The second kappa shape index (κ2) is 8.85. The van der Waals surface area contributed by atoms with E-state index in [1.165, 1.54) is 18.2 Å². The number of amides is 1. The van der Waals surface area contributed by atoms with Crippen LogP contribution in [0.4, 0.5) is 5.69 Å². The highest BCUT2D eigenvalue weighted by Gasteiger charge is 2.21. The fourth-order valence-electron chi connectivity index (χ4n) is 3.27. The largest absolute Gasteiger partial charge is 0.391 e. The van der Waals surface area contributed by atoms with Crippen molar-refractivity contribution in [3.05, 3.63) is 53.9 Å². The summed E-state index contributed by atoms with van der Waals surface area (Å²) in [6.07, 6.45) is -0.138. The van der Waals surface area contributed by atoms with Gasteiger partial charge in [0.15, 0.2) is 0 Å². The number of anilines is 1. The predicted octanol–water partition coefficient (Wildman–Crippen LogP) is 2.67. The van der Waals surface area contributed by atoms with Crippen LogP contribution in [0.1, 0.15) is 36.5 Å². The van der Waals surface area contributed by atoms with E-state index >= 15 is 0 Å². The molecule has 0 radical (unpaired) electrons. The lowest BCUT2D eigenvalue weighted by atomic mass is 10.1. The van der Waals surface area contributed by atoms with Gasteiger partial charge in [0.25, 0.3) is 15.9 Å². The second-order valence-electron chi connectivity index (χ2n) is 6.99. The summed E-state index contributed by atoms with van der Waals surface area (Å²) < 4.78 is 29.9. The second-order valence-corrected chi connectivity index (χ2v) is 8.67. The molecule has 3 aromatic rings. The van der Waals surface area contributed by atoms with Crippen molar-refractivity contribution in [2.24, 2.45) is 0 Å². The van der Waals surface area contributed by atoms with Crippen LogP contribution in [0, 0.1) is 6.92 Å². The third-order valence-electron chi connectivity index (χ3n) is 4.87. The third kappa shape index (κ3) is 4.47. The van der Waals surface area contributed by atoms with Gasteiger partial charge < -0.3 is 15.0 Å². The number of benzene rings is 2. The van der Waals surface area contributed by atoms with Gasteiger partial charge in [0.2, 0.25) is 0 Å². The molecule has 160 valence electrons. The zero-order valence-electron chi connectivity index (χ0n) is 17.2. The Morgan fingerprint density at radius 1 is 1.20 bits per heavy atom. The van der Waals surface area contributed by atoms with Gasteiger partial charge in [-0.15, -0.1) is 0 Å². The van der Waals surface area contributed by atoms with Crippen LogP contribution in [-0.4, -0.2) is 41.6 Å². The molecule has 0 saturated heterocycles. The minimum atomic E-state index is -3.82. The van der Waals surface area contributed by atoms with Gasteiger partial charge in [-0.05, 0) is 44.5 Å². The summed E-state index contributed by atoms with van der Waals surface area (Å²) in [5.41, 5.74) is 1.68. The normalized spacial score (nSPS) is 12.7. The van der Waals surface area contributed by atoms with Crippen molar-refractivity contribution in [3.63, 3.8) is 0 Å². The summed E-state index contributed by atoms with van der Waals surface area (Å²) in [5, 5.41) is 12.5. The molecule has 9 heteroatoms. The lowest BCUT2D eigenvalue weighted by Crippen LogP contribution is -2.32. The van der Waals surface area contributed by atoms with Gasteiger partial charge in [0, 0.05) is 13.1 Å². The molecule has 2 aromatic carbocycles. The van der Waals surface area contributed by atoms with Gasteiger partial charge in [0.1, 0.15) is 5.82 Å². The number of nitrogens with zero attached hydrogens (tertiary/aromatic N) is 2. The summed E-state index contributed by atoms with van der Waals surface area (Å²) in [4.78, 5) is 17.5. The fraction of sp³-hybridized carbons (Fsp3) is 0.333. The van der Waals surface area contributed by atoms with Crippen LogP contribution in [0.25, 0.3) is 11.0 Å². The Labute approximate surface area is 176 Å². The predicted molar refractivity (Wildman–Crippen MR) is 116 cm³/mol. The average Bonchev–Trinajstić information content (AvgIpc) is 3.06. The molecule has 1 unspecified atom stereocenters. The standard InChI is InChI=1S/C21H26N4O4S/c1-4-16(26)13-22-21(27)18-11-15(12-19-20(18)25(5-2)14(3)23-19)24-30(28,29)17-9-7-6-8-10-17/h6-12,16,24,26H,4-5,13H2,1-3H3,(H,22,27). The molecular formula is C21H26N4O4S. The van der Waals surface area contributed by atoms with Gasteiger partial charge in [-0.25, -0.2) is 13.4 Å². The minimum Gasteiger partial charge on any atom is -0.391 e. The quantitative estimate of drug-likeness (QED) is 0.508. The maximum Gasteiger partial charge on any atom is 0.261 e. The molecular weight excluding hydrogens is 404 g/mol. The first kappa shape index (κ1) is 21.8. The van der Waals surface area contributed by atoms with Crippen molar-refractivity contribution < 1.29 is 18.3 Å². The van der Waals surface area contributed by atoms with E-state index in [0.717, 1.165) is 5.82 Å². The third-order valence-corrected chi connectivity index (χ3v) is 6.27. The number of imidazole rings is 1. The Kier molecular flexibility index (Phi) is 6.42. The number of nitrogens with one attached hydrogen (secondary N) is 2. The van der Waals surface area contributed by atoms with Crippen LogP contribution in [0.3, 0.4) is 0 Å². The average molecular weight is 431 g/mol. The molecule has 0 fully saturated rings. The number of sulfonamides is 1. The van der Waals surface area contributed by atoms with E-state index in [9.17, 15) is 18.3 Å². The molecule has 1 heterocycles. The first-order chi connectivity index (χ1) is 14.3. The molecule has 30 heavy (non-hydrogen) atoms. The number of aliphatic hydroxyl groups excluding tert-OH is 1. The molecule has 1 aromatic heterocycles. The highest BCUT2D eigenvalue weighted by Crippen LogP contribution is 2.27. The number of aryl methyl sites for hydroxylation is 2. The molecule has 0 bridgehead atoms. The molecule has 0 aliphatic rings. The minimum absolute atomic E-state index is 0.107. The highest BCUT2D eigenvalue weighted by molar-refractivity contribution is 7.92. The summed E-state index contributed by atoms with van der Waals surface area (Å²) >= 11 is 0. The topological polar surface area (TPSA) is 113 Å². The summed E-state index contributed by atoms with van der Waals surface area (Å²) in [5.74, 6) is 0.320. The summed E-state index contributed by atoms with van der Waals surface area (Å²) in [6.45, 7) is 6.32. The van der Waals surface area contributed by atoms with Crippen molar-refractivity contribution >= 4 is 32.7 Å². The number of hydrogen-bond acceptors (Lipinski definition) is 5. The summed E-state index contributed by atoms with van der Waals surface area (Å²) in [7, 11) is -3.82. The highest BCUT2D eigenvalue weighted by atomic mass is 32.2. The molecule has 1 atom stereocenters. The van der Waals surface area contributed by atoms with Gasteiger partial charge in [0.05, 0.1) is 33.3 Å². The number of aliphatic hydroxyl groups is 1. The monoisotopic (exact) mass is 430 g/mol. The van der Waals surface area contributed by atoms with E-state index in [2.05, 4.69) is 15.0 Å². The molecule has 8 nitrogen and oxygen atoms in total. The van der Waals surface area contributed by atoms with E-state index < -0.39 is 22.0 Å². The molecule has 0 aliphatic carbocycles. The fourth-order valence-corrected chi connectivity index (χ4v) is 4.33. The van der Waals surface area contributed by atoms with Crippen molar-refractivity contribution in [2.45, 2.75) is 44.7 Å². The van der Waals surface area contributed by atoms with Crippen molar-refractivity contribution in [3.8, 4) is 0 Å². The van der Waals surface area contributed by atoms with E-state index in [-0.39, 0.29) is 17.1 Å². The van der Waals surface area contributed by atoms with E-state index in [0.29, 0.717) is 29.6 Å². The Morgan fingerprint density at radius 2 is 1.90 bits per heavy atom. The Bertz CT molecular complexity index is 1160. The number of fused-ring (bicyclic) bond motifs is 1. The van der Waals surface area contributed by atoms with Gasteiger partial charge in [-0.2, -0.15) is 0 Å². The van der Waals surface area contributed by atoms with Crippen LogP contribution >= 0.6 is 0 Å². The maximum absolute atomic E-state index is 12.9. The smallest absolute Gasteiger partial charge is 0.261 e. The van der Waals surface area contributed by atoms with Gasteiger partial charge >= 0.3 is 0 Å². The first-order valence-electron chi connectivity index (χ1n) is 9.81. The molecule has 3 N–H and O–H groups in total. The number of carbonyl (C=O) groups is 1. The van der Waals surface area contributed by atoms with Crippen molar-refractivity contribution in [2.75, 3.05) is 11.3 Å². The van der Waals surface area contributed by atoms with Crippen molar-refractivity contribution in [1.82, 2.24) is 14.9 Å². The van der Waals surface area contributed by atoms with Gasteiger partial charge in [-0.3, -0.25) is 9.52 Å². The number of rotatable bonds is 8. The van der Waals surface area contributed by atoms with Crippen LogP contribution in [0.5, 0.6) is 0 Å². The number of aromatic nitrogens is 2. The SMILES string of the molecule is CCC(O)CNC(=O)c1cc(NS(=O)(=O)c2ccccc2)cc2nc(C)n(CC)c12. The molecule has 1 amide bonds. The number of carbonyl (C=O) groups excluding carboxylic acids is 1. The summed E-state index contributed by atoms with van der Waals surface area (Å²) in [6, 6.07) is 11.1. The maximum atomic E-state index is 12.9. The Morgan fingerprint density at radius 3 is 2.53 bits per heavy atom. The van der Waals surface area contributed by atoms with E-state index in [1.54, 1.807) is 24.3 Å². The van der Waals surface area contributed by atoms with Crippen molar-refractivity contribution in [1.29, 1.82) is 0 Å². The zero-order valence-corrected chi connectivity index (χ0v) is 18.0. The lowest BCUT2D eigenvalue weighted by Gasteiger charge is -2.14. The molecule has 0 saturated carbocycles. The van der Waals surface area contributed by atoms with Crippen LogP contribution in [0.2, 0.25) is 0 Å². The Hall–Kier alpha value is -2.91. The number of hydrogen-bond donors (Lipinski definition) is 3. The lowest BCUT2D eigenvalue weighted by molar-refractivity contribution is 0.0915. The molecule has 0 aliphatic heterocycles. The van der Waals surface area contributed by atoms with E-state index in [4.69, 9.17) is 0 Å². The van der Waals surface area contributed by atoms with E-state index in [1.807, 2.05) is 25.3 Å². The zero-order chi connectivity index (χ0) is 21.9. The van der Waals surface area contributed by atoms with Crippen LogP contribution in [0.15, 0.2) is 47.4 Å². The first-order valence-corrected chi connectivity index (χ1v) is 11.3.